The molecule has 3 aliphatic rings. The number of carbonyl (C=O) groups excluding carboxylic acids is 2. The molecule has 6 heteroatoms. The Balaban J connectivity index is 1.46. The monoisotopic (exact) mass is 434 g/mol. The lowest BCUT2D eigenvalue weighted by Gasteiger charge is -2.46. The number of carbonyl (C=O) groups is 2. The highest BCUT2D eigenvalue weighted by Crippen LogP contribution is 2.51. The molecule has 4 atom stereocenters. The Bertz CT molecular complexity index is 733. The van der Waals surface area contributed by atoms with Crippen LogP contribution in [0.1, 0.15) is 46.0 Å². The van der Waals surface area contributed by atoms with Crippen molar-refractivity contribution in [2.45, 2.75) is 58.1 Å². The Morgan fingerprint density at radius 3 is 2.74 bits per heavy atom. The van der Waals surface area contributed by atoms with Gasteiger partial charge in [-0.2, -0.15) is 0 Å². The molecule has 2 heterocycles. The van der Waals surface area contributed by atoms with Crippen LogP contribution >= 0.6 is 15.9 Å². The van der Waals surface area contributed by atoms with Crippen molar-refractivity contribution in [3.63, 3.8) is 0 Å². The molecule has 4 rings (SSSR count). The van der Waals surface area contributed by atoms with Gasteiger partial charge in [0.15, 0.2) is 0 Å². The van der Waals surface area contributed by atoms with Crippen LogP contribution in [0.3, 0.4) is 0 Å². The molecule has 0 unspecified atom stereocenters. The van der Waals surface area contributed by atoms with E-state index in [9.17, 15) is 9.59 Å². The average Bonchev–Trinajstić information content (AvgIpc) is 3.01. The lowest BCUT2D eigenvalue weighted by atomic mass is 9.64. The van der Waals surface area contributed by atoms with Crippen LogP contribution < -0.4 is 5.32 Å². The summed E-state index contributed by atoms with van der Waals surface area (Å²) in [5, 5.41) is 2.83. The summed E-state index contributed by atoms with van der Waals surface area (Å²) >= 11 is 3.39. The standard InChI is InChI=1S/C21H27BrN2O3/c1-21(2)9-7-18(25)24-10-8-13-11-16(12-17(21)19(13)24)27-20(26)23-15-5-3-14(22)4-6-15/h3-6,13,16-17,19H,7-12H2,1-2H3,(H,23,26)/t13-,16-,17+,19-/m0/s1. The molecule has 1 aliphatic carbocycles. The summed E-state index contributed by atoms with van der Waals surface area (Å²) in [4.78, 5) is 27.1. The average molecular weight is 435 g/mol. The molecule has 1 saturated carbocycles. The highest BCUT2D eigenvalue weighted by molar-refractivity contribution is 9.10. The van der Waals surface area contributed by atoms with Gasteiger partial charge in [0.2, 0.25) is 5.91 Å². The van der Waals surface area contributed by atoms with Gasteiger partial charge in [-0.05, 0) is 67.2 Å². The van der Waals surface area contributed by atoms with Crippen LogP contribution in [0, 0.1) is 17.3 Å². The van der Waals surface area contributed by atoms with E-state index in [1.165, 1.54) is 0 Å². The van der Waals surface area contributed by atoms with Gasteiger partial charge in [0.05, 0.1) is 0 Å². The number of anilines is 1. The predicted molar refractivity (Wildman–Crippen MR) is 107 cm³/mol. The summed E-state index contributed by atoms with van der Waals surface area (Å²) in [7, 11) is 0. The van der Waals surface area contributed by atoms with Crippen LogP contribution in [0.4, 0.5) is 10.5 Å². The third-order valence-corrected chi connectivity index (χ3v) is 7.28. The zero-order chi connectivity index (χ0) is 19.2. The molecule has 0 aromatic heterocycles. The molecule has 0 bridgehead atoms. The Morgan fingerprint density at radius 2 is 2.00 bits per heavy atom. The molecular weight excluding hydrogens is 408 g/mol. The highest BCUT2D eigenvalue weighted by atomic mass is 79.9. The molecule has 2 amide bonds. The Labute approximate surface area is 169 Å². The Hall–Kier alpha value is -1.56. The molecule has 5 nitrogen and oxygen atoms in total. The largest absolute Gasteiger partial charge is 0.446 e. The smallest absolute Gasteiger partial charge is 0.411 e. The second kappa shape index (κ2) is 7.12. The third kappa shape index (κ3) is 3.73. The summed E-state index contributed by atoms with van der Waals surface area (Å²) in [6.45, 7) is 5.40. The number of hydrogen-bond acceptors (Lipinski definition) is 3. The van der Waals surface area contributed by atoms with E-state index >= 15 is 0 Å². The molecule has 1 aromatic carbocycles. The number of benzene rings is 1. The Kier molecular flexibility index (Phi) is 4.95. The van der Waals surface area contributed by atoms with Crippen molar-refractivity contribution in [3.05, 3.63) is 28.7 Å². The third-order valence-electron chi connectivity index (χ3n) is 6.75. The number of ether oxygens (including phenoxy) is 1. The van der Waals surface area contributed by atoms with Gasteiger partial charge in [-0.15, -0.1) is 0 Å². The molecule has 1 N–H and O–H groups in total. The summed E-state index contributed by atoms with van der Waals surface area (Å²) < 4.78 is 6.79. The lowest BCUT2D eigenvalue weighted by molar-refractivity contribution is -0.133. The van der Waals surface area contributed by atoms with Crippen LogP contribution in [0.15, 0.2) is 28.7 Å². The minimum atomic E-state index is -0.391. The van der Waals surface area contributed by atoms with Gasteiger partial charge in [0, 0.05) is 29.2 Å². The maximum atomic E-state index is 12.5. The van der Waals surface area contributed by atoms with Gasteiger partial charge in [0.1, 0.15) is 6.10 Å². The first-order valence-corrected chi connectivity index (χ1v) is 10.7. The second-order valence-corrected chi connectivity index (χ2v) is 9.77. The zero-order valence-electron chi connectivity index (χ0n) is 15.9. The number of rotatable bonds is 2. The molecule has 2 aliphatic heterocycles. The number of halogens is 1. The molecule has 3 fully saturated rings. The molecule has 2 saturated heterocycles. The van der Waals surface area contributed by atoms with Crippen molar-refractivity contribution in [1.82, 2.24) is 4.90 Å². The van der Waals surface area contributed by atoms with E-state index in [-0.39, 0.29) is 11.5 Å². The fourth-order valence-corrected chi connectivity index (χ4v) is 5.56. The van der Waals surface area contributed by atoms with Crippen molar-refractivity contribution < 1.29 is 14.3 Å². The SMILES string of the molecule is CC1(C)CCC(=O)N2CC[C@H]3C[C@H](OC(=O)Nc4ccc(Br)cc4)C[C@@H]1[C@H]32. The van der Waals surface area contributed by atoms with E-state index in [0.29, 0.717) is 30.2 Å². The van der Waals surface area contributed by atoms with E-state index in [0.717, 1.165) is 42.4 Å². The van der Waals surface area contributed by atoms with Gasteiger partial charge in [-0.25, -0.2) is 4.79 Å². The van der Waals surface area contributed by atoms with E-state index in [2.05, 4.69) is 40.0 Å². The second-order valence-electron chi connectivity index (χ2n) is 8.85. The van der Waals surface area contributed by atoms with E-state index in [4.69, 9.17) is 4.74 Å². The number of nitrogens with zero attached hydrogens (tertiary/aromatic N) is 1. The summed E-state index contributed by atoms with van der Waals surface area (Å²) in [5.41, 5.74) is 0.811. The highest BCUT2D eigenvalue weighted by Gasteiger charge is 2.53. The minimum Gasteiger partial charge on any atom is -0.446 e. The van der Waals surface area contributed by atoms with Crippen molar-refractivity contribution in [3.8, 4) is 0 Å². The zero-order valence-corrected chi connectivity index (χ0v) is 17.5. The first kappa shape index (κ1) is 18.8. The summed E-state index contributed by atoms with van der Waals surface area (Å²) in [5.74, 6) is 1.14. The lowest BCUT2D eigenvalue weighted by Crippen LogP contribution is -2.50. The molecule has 0 spiro atoms. The number of nitrogens with one attached hydrogen (secondary N) is 1. The van der Waals surface area contributed by atoms with E-state index in [1.54, 1.807) is 0 Å². The molecule has 0 radical (unpaired) electrons. The van der Waals surface area contributed by atoms with Crippen molar-refractivity contribution >= 4 is 33.6 Å². The molecular formula is C21H27BrN2O3. The topological polar surface area (TPSA) is 58.6 Å². The molecule has 27 heavy (non-hydrogen) atoms. The number of amides is 2. The van der Waals surface area contributed by atoms with Gasteiger partial charge < -0.3 is 9.64 Å². The van der Waals surface area contributed by atoms with Crippen LogP contribution in [-0.2, 0) is 9.53 Å². The van der Waals surface area contributed by atoms with Crippen LogP contribution in [0.5, 0.6) is 0 Å². The summed E-state index contributed by atoms with van der Waals surface area (Å²) in [6.07, 6.45) is 3.80. The minimum absolute atomic E-state index is 0.0841. The predicted octanol–water partition coefficient (Wildman–Crippen LogP) is 4.81. The van der Waals surface area contributed by atoms with E-state index < -0.39 is 6.09 Å². The maximum Gasteiger partial charge on any atom is 0.411 e. The van der Waals surface area contributed by atoms with Gasteiger partial charge in [-0.1, -0.05) is 29.8 Å². The van der Waals surface area contributed by atoms with Crippen LogP contribution in [0.2, 0.25) is 0 Å². The van der Waals surface area contributed by atoms with Gasteiger partial charge in [-0.3, -0.25) is 10.1 Å². The van der Waals surface area contributed by atoms with Crippen LogP contribution in [0.25, 0.3) is 0 Å². The maximum absolute atomic E-state index is 12.5. The number of hydrogen-bond donors (Lipinski definition) is 1. The Morgan fingerprint density at radius 1 is 1.26 bits per heavy atom. The first-order chi connectivity index (χ1) is 12.8. The van der Waals surface area contributed by atoms with Gasteiger partial charge >= 0.3 is 6.09 Å². The van der Waals surface area contributed by atoms with Crippen molar-refractivity contribution in [1.29, 1.82) is 0 Å². The quantitative estimate of drug-likeness (QED) is 0.725. The molecule has 146 valence electrons. The van der Waals surface area contributed by atoms with E-state index in [1.807, 2.05) is 24.3 Å². The molecule has 1 aromatic rings. The summed E-state index contributed by atoms with van der Waals surface area (Å²) in [6, 6.07) is 7.79. The van der Waals surface area contributed by atoms with Crippen LogP contribution in [-0.4, -0.2) is 35.6 Å². The van der Waals surface area contributed by atoms with Crippen molar-refractivity contribution in [2.24, 2.45) is 17.3 Å². The fraction of sp³-hybridized carbons (Fsp3) is 0.619. The van der Waals surface area contributed by atoms with Crippen molar-refractivity contribution in [2.75, 3.05) is 11.9 Å². The van der Waals surface area contributed by atoms with Gasteiger partial charge in [0.25, 0.3) is 0 Å². The fourth-order valence-electron chi connectivity index (χ4n) is 5.30. The first-order valence-electron chi connectivity index (χ1n) is 9.86. The normalized spacial score (nSPS) is 31.8.